The van der Waals surface area contributed by atoms with Crippen LogP contribution in [0.3, 0.4) is 0 Å². The van der Waals surface area contributed by atoms with Crippen LogP contribution in [0.5, 0.6) is 0 Å². The van der Waals surface area contributed by atoms with Gasteiger partial charge in [0.2, 0.25) is 0 Å². The van der Waals surface area contributed by atoms with Crippen molar-refractivity contribution in [2.75, 3.05) is 11.9 Å². The van der Waals surface area contributed by atoms with Crippen molar-refractivity contribution in [3.05, 3.63) is 28.8 Å². The van der Waals surface area contributed by atoms with Crippen LogP contribution in [-0.4, -0.2) is 50.8 Å². The molecule has 1 fully saturated rings. The first-order chi connectivity index (χ1) is 12.8. The number of hydrogen-bond donors (Lipinski definition) is 3. The smallest absolute Gasteiger partial charge is 0.412 e. The average Bonchev–Trinajstić information content (AvgIpc) is 2.86. The standard InChI is InChI=1S/C17H24ClN3O6/c1-4-5-6-7-26-17(25)20-14-11(9(2)18)8-21(16(24)19-14)15-13(23)12(22)10(3)27-15/h8,10,12-13,15,22-23H,2,4-7H2,1,3H3,(H,19,20,24,25)/t10-,12-,13-,15-/m1/s1. The number of anilines is 1. The summed E-state index contributed by atoms with van der Waals surface area (Å²) in [5.41, 5.74) is -0.644. The molecular weight excluding hydrogens is 378 g/mol. The minimum absolute atomic E-state index is 0.0126. The van der Waals surface area contributed by atoms with E-state index >= 15 is 0 Å². The van der Waals surface area contributed by atoms with E-state index in [1.807, 2.05) is 6.92 Å². The molecule has 1 aromatic heterocycles. The van der Waals surface area contributed by atoms with Crippen molar-refractivity contribution in [1.82, 2.24) is 9.55 Å². The molecule has 0 spiro atoms. The fraction of sp³-hybridized carbons (Fsp3) is 0.588. The van der Waals surface area contributed by atoms with E-state index in [9.17, 15) is 19.8 Å². The number of aromatic nitrogens is 2. The molecule has 4 atom stereocenters. The summed E-state index contributed by atoms with van der Waals surface area (Å²) in [6.45, 7) is 7.43. The van der Waals surface area contributed by atoms with Crippen LogP contribution in [0.25, 0.3) is 5.03 Å². The van der Waals surface area contributed by atoms with E-state index in [1.165, 1.54) is 6.20 Å². The normalized spacial score (nSPS) is 24.6. The lowest BCUT2D eigenvalue weighted by Crippen LogP contribution is -2.36. The first-order valence-corrected chi connectivity index (χ1v) is 9.07. The summed E-state index contributed by atoms with van der Waals surface area (Å²) in [5, 5.41) is 22.3. The molecular formula is C17H24ClN3O6. The first-order valence-electron chi connectivity index (χ1n) is 8.69. The minimum Gasteiger partial charge on any atom is -0.449 e. The molecule has 1 aliphatic heterocycles. The van der Waals surface area contributed by atoms with Crippen molar-refractivity contribution >= 4 is 28.5 Å². The summed E-state index contributed by atoms with van der Waals surface area (Å²) >= 11 is 5.97. The third-order valence-corrected chi connectivity index (χ3v) is 4.40. The van der Waals surface area contributed by atoms with Gasteiger partial charge in [0.05, 0.1) is 18.3 Å². The molecule has 27 heavy (non-hydrogen) atoms. The number of halogens is 1. The second-order valence-corrected chi connectivity index (χ2v) is 6.74. The lowest BCUT2D eigenvalue weighted by molar-refractivity contribution is -0.0350. The van der Waals surface area contributed by atoms with E-state index in [2.05, 4.69) is 16.9 Å². The Balaban J connectivity index is 2.23. The molecule has 0 aromatic carbocycles. The predicted octanol–water partition coefficient (Wildman–Crippen LogP) is 1.83. The Morgan fingerprint density at radius 3 is 2.70 bits per heavy atom. The van der Waals surface area contributed by atoms with Crippen molar-refractivity contribution in [3.8, 4) is 0 Å². The van der Waals surface area contributed by atoms with E-state index in [0.717, 1.165) is 23.8 Å². The van der Waals surface area contributed by atoms with Crippen LogP contribution in [0.1, 0.15) is 44.9 Å². The van der Waals surface area contributed by atoms with Crippen LogP contribution in [-0.2, 0) is 9.47 Å². The third kappa shape index (κ3) is 5.07. The molecule has 150 valence electrons. The summed E-state index contributed by atoms with van der Waals surface area (Å²) in [4.78, 5) is 28.0. The molecule has 0 bridgehead atoms. The summed E-state index contributed by atoms with van der Waals surface area (Å²) in [6, 6.07) is 0. The second kappa shape index (κ2) is 9.32. The Bertz CT molecular complexity index is 753. The highest BCUT2D eigenvalue weighted by Crippen LogP contribution is 2.30. The van der Waals surface area contributed by atoms with Crippen LogP contribution in [0.4, 0.5) is 10.6 Å². The Kier molecular flexibility index (Phi) is 7.37. The zero-order valence-corrected chi connectivity index (χ0v) is 16.0. The van der Waals surface area contributed by atoms with Crippen LogP contribution >= 0.6 is 11.6 Å². The molecule has 0 aliphatic carbocycles. The molecule has 9 nitrogen and oxygen atoms in total. The van der Waals surface area contributed by atoms with Gasteiger partial charge in [-0.2, -0.15) is 4.98 Å². The molecule has 0 saturated carbocycles. The van der Waals surface area contributed by atoms with Crippen LogP contribution in [0.15, 0.2) is 17.6 Å². The fourth-order valence-corrected chi connectivity index (χ4v) is 2.79. The minimum atomic E-state index is -1.32. The molecule has 1 saturated heterocycles. The fourth-order valence-electron chi connectivity index (χ4n) is 2.65. The van der Waals surface area contributed by atoms with Gasteiger partial charge in [-0.1, -0.05) is 37.9 Å². The third-order valence-electron chi connectivity index (χ3n) is 4.20. The largest absolute Gasteiger partial charge is 0.449 e. The van der Waals surface area contributed by atoms with Crippen LogP contribution in [0, 0.1) is 0 Å². The first kappa shape index (κ1) is 21.4. The van der Waals surface area contributed by atoms with Crippen LogP contribution < -0.4 is 11.0 Å². The molecule has 0 unspecified atom stereocenters. The molecule has 1 aromatic rings. The van der Waals surface area contributed by atoms with Gasteiger partial charge in [0, 0.05) is 11.2 Å². The lowest BCUT2D eigenvalue weighted by Gasteiger charge is -2.19. The average molecular weight is 402 g/mol. The number of aliphatic hydroxyl groups is 2. The van der Waals surface area contributed by atoms with Crippen molar-refractivity contribution in [3.63, 3.8) is 0 Å². The van der Waals surface area contributed by atoms with Crippen molar-refractivity contribution in [1.29, 1.82) is 0 Å². The summed E-state index contributed by atoms with van der Waals surface area (Å²) in [5.74, 6) is -0.113. The van der Waals surface area contributed by atoms with Gasteiger partial charge in [-0.15, -0.1) is 0 Å². The van der Waals surface area contributed by atoms with Gasteiger partial charge in [0.15, 0.2) is 12.0 Å². The van der Waals surface area contributed by atoms with Gasteiger partial charge in [0.25, 0.3) is 0 Å². The number of unbranched alkanes of at least 4 members (excludes halogenated alkanes) is 2. The topological polar surface area (TPSA) is 123 Å². The van der Waals surface area contributed by atoms with Gasteiger partial charge in [-0.25, -0.2) is 9.59 Å². The number of ether oxygens (including phenoxy) is 2. The maximum Gasteiger partial charge on any atom is 0.412 e. The number of hydrogen-bond acceptors (Lipinski definition) is 7. The maximum atomic E-state index is 12.4. The Hall–Kier alpha value is -1.94. The highest BCUT2D eigenvalue weighted by atomic mass is 35.5. The number of carbonyl (C=O) groups excluding carboxylic acids is 1. The quantitative estimate of drug-likeness (QED) is 0.595. The summed E-state index contributed by atoms with van der Waals surface area (Å²) < 4.78 is 11.4. The Morgan fingerprint density at radius 1 is 1.44 bits per heavy atom. The van der Waals surface area contributed by atoms with Crippen molar-refractivity contribution < 1.29 is 24.5 Å². The van der Waals surface area contributed by atoms with Gasteiger partial charge in [0.1, 0.15) is 12.2 Å². The van der Waals surface area contributed by atoms with E-state index in [0.29, 0.717) is 0 Å². The van der Waals surface area contributed by atoms with Gasteiger partial charge < -0.3 is 19.7 Å². The Labute approximate surface area is 161 Å². The number of aliphatic hydroxyl groups excluding tert-OH is 2. The Morgan fingerprint density at radius 2 is 2.15 bits per heavy atom. The molecule has 0 radical (unpaired) electrons. The highest BCUT2D eigenvalue weighted by molar-refractivity contribution is 6.48. The summed E-state index contributed by atoms with van der Waals surface area (Å²) in [6.07, 6.45) is -1.14. The van der Waals surface area contributed by atoms with Gasteiger partial charge in [-0.05, 0) is 13.3 Å². The van der Waals surface area contributed by atoms with Crippen molar-refractivity contribution in [2.45, 2.75) is 57.6 Å². The molecule has 2 heterocycles. The lowest BCUT2D eigenvalue weighted by atomic mass is 10.1. The van der Waals surface area contributed by atoms with E-state index in [1.54, 1.807) is 6.92 Å². The van der Waals surface area contributed by atoms with Gasteiger partial charge >= 0.3 is 11.8 Å². The number of nitrogens with one attached hydrogen (secondary N) is 1. The summed E-state index contributed by atoms with van der Waals surface area (Å²) in [7, 11) is 0. The zero-order chi connectivity index (χ0) is 20.1. The molecule has 1 amide bonds. The number of nitrogens with zero attached hydrogens (tertiary/aromatic N) is 2. The van der Waals surface area contributed by atoms with E-state index in [-0.39, 0.29) is 23.0 Å². The van der Waals surface area contributed by atoms with Crippen LogP contribution in [0.2, 0.25) is 0 Å². The zero-order valence-electron chi connectivity index (χ0n) is 15.2. The molecule has 10 heteroatoms. The second-order valence-electron chi connectivity index (χ2n) is 6.28. The van der Waals surface area contributed by atoms with Crippen molar-refractivity contribution in [2.24, 2.45) is 0 Å². The monoisotopic (exact) mass is 401 g/mol. The van der Waals surface area contributed by atoms with E-state index < -0.39 is 36.3 Å². The molecule has 2 rings (SSSR count). The number of carbonyl (C=O) groups is 1. The molecule has 1 aliphatic rings. The highest BCUT2D eigenvalue weighted by Gasteiger charge is 2.42. The predicted molar refractivity (Wildman–Crippen MR) is 99.5 cm³/mol. The molecule has 3 N–H and O–H groups in total. The maximum absolute atomic E-state index is 12.4. The number of amides is 1. The number of rotatable bonds is 7. The SMILES string of the molecule is C=C(Cl)c1cn([C@@H]2O[C@H](C)[C@@H](O)[C@H]2O)c(=O)nc1NC(=O)OCCCCC. The van der Waals surface area contributed by atoms with E-state index in [4.69, 9.17) is 21.1 Å². The van der Waals surface area contributed by atoms with Gasteiger partial charge in [-0.3, -0.25) is 9.88 Å².